The van der Waals surface area contributed by atoms with Gasteiger partial charge in [0, 0.05) is 4.47 Å². The Morgan fingerprint density at radius 3 is 2.87 bits per heavy atom. The second-order valence-electron chi connectivity index (χ2n) is 4.58. The molecule has 0 bridgehead atoms. The molecular weight excluding hydrogens is 382 g/mol. The van der Waals surface area contributed by atoms with E-state index in [9.17, 15) is 4.79 Å². The number of nitrogens with one attached hydrogen (secondary N) is 1. The number of amides is 1. The molecule has 0 saturated carbocycles. The van der Waals surface area contributed by atoms with Gasteiger partial charge < -0.3 is 14.2 Å². The first kappa shape index (κ1) is 15.8. The lowest BCUT2D eigenvalue weighted by Crippen LogP contribution is -2.14. The molecule has 1 amide bonds. The third kappa shape index (κ3) is 3.83. The fourth-order valence-electron chi connectivity index (χ4n) is 1.86. The number of anilines is 1. The predicted molar refractivity (Wildman–Crippen MR) is 90.2 cm³/mol. The second kappa shape index (κ2) is 7.01. The lowest BCUT2D eigenvalue weighted by atomic mass is 10.3. The highest BCUT2D eigenvalue weighted by Gasteiger charge is 2.14. The van der Waals surface area contributed by atoms with Gasteiger partial charge >= 0.3 is 0 Å². The zero-order valence-corrected chi connectivity index (χ0v) is 14.5. The zero-order chi connectivity index (χ0) is 16.2. The van der Waals surface area contributed by atoms with Gasteiger partial charge in [-0.1, -0.05) is 23.9 Å². The maximum Gasteiger partial charge on any atom is 0.277 e. The molecule has 2 aromatic heterocycles. The highest BCUT2D eigenvalue weighted by atomic mass is 79.9. The molecule has 0 fully saturated rings. The van der Waals surface area contributed by atoms with Crippen LogP contribution in [0.25, 0.3) is 11.5 Å². The molecule has 1 aromatic carbocycles. The average molecular weight is 394 g/mol. The van der Waals surface area contributed by atoms with E-state index < -0.39 is 0 Å². The molecule has 0 aliphatic carbocycles. The van der Waals surface area contributed by atoms with Gasteiger partial charge in [-0.2, -0.15) is 0 Å². The van der Waals surface area contributed by atoms with Gasteiger partial charge in [-0.25, -0.2) is 0 Å². The van der Waals surface area contributed by atoms with Crippen LogP contribution in [0, 0.1) is 6.92 Å². The van der Waals surface area contributed by atoms with Crippen molar-refractivity contribution in [2.75, 3.05) is 11.1 Å². The van der Waals surface area contributed by atoms with E-state index in [4.69, 9.17) is 8.83 Å². The zero-order valence-electron chi connectivity index (χ0n) is 12.1. The summed E-state index contributed by atoms with van der Waals surface area (Å²) >= 11 is 4.56. The topological polar surface area (TPSA) is 81.2 Å². The number of thioether (sulfide) groups is 1. The molecule has 0 aliphatic heterocycles. The summed E-state index contributed by atoms with van der Waals surface area (Å²) in [6.45, 7) is 1.82. The summed E-state index contributed by atoms with van der Waals surface area (Å²) in [6.07, 6.45) is 1.56. The fourth-order valence-corrected chi connectivity index (χ4v) is 2.81. The van der Waals surface area contributed by atoms with Crippen LogP contribution in [-0.2, 0) is 4.79 Å². The first-order chi connectivity index (χ1) is 11.1. The van der Waals surface area contributed by atoms with Gasteiger partial charge in [-0.05, 0) is 41.1 Å². The molecular formula is C15H12BrN3O3S. The molecule has 23 heavy (non-hydrogen) atoms. The van der Waals surface area contributed by atoms with Crippen molar-refractivity contribution in [3.05, 3.63) is 46.8 Å². The molecule has 0 saturated heterocycles. The summed E-state index contributed by atoms with van der Waals surface area (Å²) in [5, 5.41) is 11.0. The van der Waals surface area contributed by atoms with Crippen molar-refractivity contribution in [2.24, 2.45) is 0 Å². The van der Waals surface area contributed by atoms with E-state index in [-0.39, 0.29) is 11.7 Å². The molecule has 0 aliphatic rings. The lowest BCUT2D eigenvalue weighted by Gasteiger charge is -2.05. The van der Waals surface area contributed by atoms with Crippen LogP contribution in [0.2, 0.25) is 0 Å². The van der Waals surface area contributed by atoms with Crippen molar-refractivity contribution in [3.63, 3.8) is 0 Å². The van der Waals surface area contributed by atoms with Crippen LogP contribution in [0.4, 0.5) is 5.69 Å². The smallest absolute Gasteiger partial charge is 0.277 e. The van der Waals surface area contributed by atoms with Gasteiger partial charge in [-0.15, -0.1) is 10.2 Å². The number of carbonyl (C=O) groups excluding carboxylic acids is 1. The predicted octanol–water partition coefficient (Wildman–Crippen LogP) is 4.13. The number of hydrogen-bond acceptors (Lipinski definition) is 6. The monoisotopic (exact) mass is 393 g/mol. The van der Waals surface area contributed by atoms with E-state index in [0.29, 0.717) is 16.9 Å². The van der Waals surface area contributed by atoms with Crippen molar-refractivity contribution in [2.45, 2.75) is 12.1 Å². The Hall–Kier alpha value is -2.06. The molecule has 0 radical (unpaired) electrons. The molecule has 118 valence electrons. The normalized spacial score (nSPS) is 10.7. The Labute approximate surface area is 144 Å². The number of benzene rings is 1. The number of rotatable bonds is 5. The van der Waals surface area contributed by atoms with E-state index >= 15 is 0 Å². The maximum atomic E-state index is 12.0. The van der Waals surface area contributed by atoms with Crippen LogP contribution in [0.5, 0.6) is 0 Å². The molecule has 2 heterocycles. The second-order valence-corrected chi connectivity index (χ2v) is 6.36. The highest BCUT2D eigenvalue weighted by Crippen LogP contribution is 2.26. The quantitative estimate of drug-likeness (QED) is 0.656. The molecule has 0 atom stereocenters. The van der Waals surface area contributed by atoms with Crippen LogP contribution in [0.15, 0.2) is 55.1 Å². The fraction of sp³-hybridized carbons (Fsp3) is 0.133. The van der Waals surface area contributed by atoms with Crippen molar-refractivity contribution in [3.8, 4) is 11.5 Å². The molecule has 1 N–H and O–H groups in total. The van der Waals surface area contributed by atoms with Gasteiger partial charge in [-0.3, -0.25) is 4.79 Å². The maximum absolute atomic E-state index is 12.0. The molecule has 0 spiro atoms. The van der Waals surface area contributed by atoms with Gasteiger partial charge in [0.2, 0.25) is 5.91 Å². The summed E-state index contributed by atoms with van der Waals surface area (Å²) in [6, 6.07) is 9.17. The van der Waals surface area contributed by atoms with E-state index in [2.05, 4.69) is 31.4 Å². The van der Waals surface area contributed by atoms with Crippen LogP contribution in [0.3, 0.4) is 0 Å². The van der Waals surface area contributed by atoms with Gasteiger partial charge in [0.25, 0.3) is 11.1 Å². The first-order valence-corrected chi connectivity index (χ1v) is 8.46. The third-order valence-corrected chi connectivity index (χ3v) is 4.48. The van der Waals surface area contributed by atoms with Crippen LogP contribution in [0.1, 0.15) is 5.76 Å². The standard InChI is InChI=1S/C15H12BrN3O3S/c1-9-10(6-7-21-9)14-18-19-15(22-14)23-8-13(20)17-12-5-3-2-4-11(12)16/h2-7H,8H2,1H3,(H,17,20). The number of aryl methyl sites for hydroxylation is 1. The van der Waals surface area contributed by atoms with Crippen LogP contribution >= 0.6 is 27.7 Å². The first-order valence-electron chi connectivity index (χ1n) is 6.68. The lowest BCUT2D eigenvalue weighted by molar-refractivity contribution is -0.113. The molecule has 3 aromatic rings. The van der Waals surface area contributed by atoms with Gasteiger partial charge in [0.1, 0.15) is 5.76 Å². The van der Waals surface area contributed by atoms with Crippen molar-refractivity contribution in [1.82, 2.24) is 10.2 Å². The van der Waals surface area contributed by atoms with Gasteiger partial charge in [0.05, 0.1) is 23.3 Å². The summed E-state index contributed by atoms with van der Waals surface area (Å²) in [5.74, 6) is 1.11. The minimum Gasteiger partial charge on any atom is -0.469 e. The third-order valence-electron chi connectivity index (χ3n) is 2.97. The Kier molecular flexibility index (Phi) is 4.82. The summed E-state index contributed by atoms with van der Waals surface area (Å²) in [7, 11) is 0. The molecule has 0 unspecified atom stereocenters. The number of halogens is 1. The van der Waals surface area contributed by atoms with Crippen molar-refractivity contribution in [1.29, 1.82) is 0 Å². The molecule has 3 rings (SSSR count). The Balaban J connectivity index is 1.59. The minimum atomic E-state index is -0.152. The van der Waals surface area contributed by atoms with Crippen LogP contribution < -0.4 is 5.32 Å². The van der Waals surface area contributed by atoms with Gasteiger partial charge in [0.15, 0.2) is 0 Å². The molecule has 6 nitrogen and oxygen atoms in total. The largest absolute Gasteiger partial charge is 0.469 e. The van der Waals surface area contributed by atoms with E-state index in [1.54, 1.807) is 12.3 Å². The summed E-state index contributed by atoms with van der Waals surface area (Å²) < 4.78 is 11.6. The number of para-hydroxylation sites is 1. The average Bonchev–Trinajstić information content (AvgIpc) is 3.16. The Bertz CT molecular complexity index is 831. The Morgan fingerprint density at radius 2 is 2.13 bits per heavy atom. The number of aromatic nitrogens is 2. The minimum absolute atomic E-state index is 0.152. The Morgan fingerprint density at radius 1 is 1.30 bits per heavy atom. The molecule has 8 heteroatoms. The summed E-state index contributed by atoms with van der Waals surface area (Å²) in [4.78, 5) is 12.0. The van der Waals surface area contributed by atoms with Crippen molar-refractivity contribution < 1.29 is 13.6 Å². The summed E-state index contributed by atoms with van der Waals surface area (Å²) in [5.41, 5.74) is 1.47. The number of nitrogens with zero attached hydrogens (tertiary/aromatic N) is 2. The highest BCUT2D eigenvalue weighted by molar-refractivity contribution is 9.10. The van der Waals surface area contributed by atoms with E-state index in [1.165, 1.54) is 11.8 Å². The van der Waals surface area contributed by atoms with Crippen molar-refractivity contribution >= 4 is 39.3 Å². The van der Waals surface area contributed by atoms with E-state index in [1.807, 2.05) is 31.2 Å². The SMILES string of the molecule is Cc1occc1-c1nnc(SCC(=O)Nc2ccccc2Br)o1. The number of furan rings is 1. The number of carbonyl (C=O) groups is 1. The van der Waals surface area contributed by atoms with E-state index in [0.717, 1.165) is 15.7 Å². The van der Waals surface area contributed by atoms with Crippen LogP contribution in [-0.4, -0.2) is 21.9 Å². The number of hydrogen-bond donors (Lipinski definition) is 1.